The lowest BCUT2D eigenvalue weighted by Gasteiger charge is -2.32. The second kappa shape index (κ2) is 8.52. The molecule has 0 unspecified atom stereocenters. The van der Waals surface area contributed by atoms with Crippen molar-refractivity contribution < 1.29 is 18.4 Å². The number of amides is 1. The highest BCUT2D eigenvalue weighted by Gasteiger charge is 2.26. The van der Waals surface area contributed by atoms with Crippen LogP contribution in [0.1, 0.15) is 18.7 Å². The fourth-order valence-corrected chi connectivity index (χ4v) is 3.98. The average molecular weight is 401 g/mol. The molecule has 1 aliphatic heterocycles. The molecule has 1 saturated heterocycles. The number of halogens is 1. The molecule has 0 spiro atoms. The van der Waals surface area contributed by atoms with E-state index in [0.717, 1.165) is 18.4 Å². The maximum absolute atomic E-state index is 13.6. The van der Waals surface area contributed by atoms with Crippen molar-refractivity contribution in [1.29, 1.82) is 0 Å². The van der Waals surface area contributed by atoms with Crippen molar-refractivity contribution in [3.63, 3.8) is 0 Å². The van der Waals surface area contributed by atoms with Crippen molar-refractivity contribution in [2.75, 3.05) is 19.7 Å². The first-order valence-electron chi connectivity index (χ1n) is 9.19. The molecule has 1 amide bonds. The number of carbonyl (C=O) groups is 1. The monoisotopic (exact) mass is 401 g/mol. The molecular formula is C20H20FN3O3S. The summed E-state index contributed by atoms with van der Waals surface area (Å²) in [6, 6.07) is 8.04. The van der Waals surface area contributed by atoms with E-state index in [1.54, 1.807) is 28.4 Å². The second-order valence-corrected chi connectivity index (χ2v) is 7.58. The molecule has 1 atom stereocenters. The largest absolute Gasteiger partial charge is 0.481 e. The minimum Gasteiger partial charge on any atom is -0.481 e. The number of piperidine rings is 1. The van der Waals surface area contributed by atoms with Gasteiger partial charge in [0.25, 0.3) is 5.91 Å². The first-order valence-corrected chi connectivity index (χ1v) is 10.1. The molecule has 0 aliphatic carbocycles. The maximum atomic E-state index is 13.6. The van der Waals surface area contributed by atoms with Crippen LogP contribution < -0.4 is 4.74 Å². The number of carbonyl (C=O) groups excluding carboxylic acids is 1. The topological polar surface area (TPSA) is 68.5 Å². The molecule has 0 bridgehead atoms. The van der Waals surface area contributed by atoms with Gasteiger partial charge in [0, 0.05) is 30.5 Å². The van der Waals surface area contributed by atoms with Crippen LogP contribution >= 0.6 is 11.3 Å². The van der Waals surface area contributed by atoms with Gasteiger partial charge in [-0.2, -0.15) is 16.3 Å². The average Bonchev–Trinajstić information content (AvgIpc) is 3.39. The summed E-state index contributed by atoms with van der Waals surface area (Å²) >= 11 is 1.59. The van der Waals surface area contributed by atoms with Crippen LogP contribution in [0.2, 0.25) is 0 Å². The summed E-state index contributed by atoms with van der Waals surface area (Å²) in [6.45, 7) is 1.12. The molecule has 3 aromatic rings. The van der Waals surface area contributed by atoms with Gasteiger partial charge >= 0.3 is 0 Å². The van der Waals surface area contributed by atoms with Gasteiger partial charge in [-0.15, -0.1) is 0 Å². The van der Waals surface area contributed by atoms with E-state index >= 15 is 0 Å². The Morgan fingerprint density at radius 2 is 2.25 bits per heavy atom. The van der Waals surface area contributed by atoms with Crippen molar-refractivity contribution >= 4 is 17.2 Å². The first kappa shape index (κ1) is 18.6. The lowest BCUT2D eigenvalue weighted by molar-refractivity contribution is -0.135. The Balaban J connectivity index is 1.31. The lowest BCUT2D eigenvalue weighted by Crippen LogP contribution is -2.42. The number of ether oxygens (including phenoxy) is 1. The first-order chi connectivity index (χ1) is 13.7. The normalized spacial score (nSPS) is 16.9. The third-order valence-electron chi connectivity index (χ3n) is 4.77. The predicted octanol–water partition coefficient (Wildman–Crippen LogP) is 3.80. The van der Waals surface area contributed by atoms with Crippen LogP contribution in [0.4, 0.5) is 4.39 Å². The maximum Gasteiger partial charge on any atom is 0.260 e. The van der Waals surface area contributed by atoms with Crippen molar-refractivity contribution in [3.05, 3.63) is 52.8 Å². The van der Waals surface area contributed by atoms with Crippen LogP contribution in [0.5, 0.6) is 5.75 Å². The molecule has 0 saturated carbocycles. The highest BCUT2D eigenvalue weighted by atomic mass is 32.1. The molecule has 146 valence electrons. The van der Waals surface area contributed by atoms with Crippen LogP contribution in [-0.2, 0) is 11.2 Å². The fraction of sp³-hybridized carbons (Fsp3) is 0.350. The van der Waals surface area contributed by atoms with Gasteiger partial charge in [0.15, 0.2) is 18.2 Å². The lowest BCUT2D eigenvalue weighted by atomic mass is 9.95. The van der Waals surface area contributed by atoms with Gasteiger partial charge in [-0.3, -0.25) is 4.79 Å². The smallest absolute Gasteiger partial charge is 0.260 e. The van der Waals surface area contributed by atoms with Gasteiger partial charge in [-0.05, 0) is 42.3 Å². The number of hydrogen-bond acceptors (Lipinski definition) is 6. The number of nitrogens with zero attached hydrogens (tertiary/aromatic N) is 3. The number of rotatable bonds is 6. The summed E-state index contributed by atoms with van der Waals surface area (Å²) in [5.74, 6) is 0.918. The summed E-state index contributed by atoms with van der Waals surface area (Å²) in [4.78, 5) is 18.7. The van der Waals surface area contributed by atoms with E-state index in [1.807, 2.05) is 16.8 Å². The summed E-state index contributed by atoms with van der Waals surface area (Å²) < 4.78 is 24.3. The molecule has 1 fully saturated rings. The second-order valence-electron chi connectivity index (χ2n) is 6.79. The van der Waals surface area contributed by atoms with Crippen molar-refractivity contribution in [2.24, 2.45) is 5.92 Å². The standard InChI is InChI=1S/C20H20FN3O3S/c21-16-5-1-2-6-17(16)26-12-19(25)24-8-3-4-14(11-24)10-18-22-20(23-27-18)15-7-9-28-13-15/h1-2,5-7,9,13-14H,3-4,8,10-12H2/t14-/m0/s1. The molecule has 6 nitrogen and oxygen atoms in total. The van der Waals surface area contributed by atoms with Crippen molar-refractivity contribution in [2.45, 2.75) is 19.3 Å². The van der Waals surface area contributed by atoms with E-state index in [2.05, 4.69) is 10.1 Å². The Hall–Kier alpha value is -2.74. The molecule has 4 rings (SSSR count). The van der Waals surface area contributed by atoms with Crippen molar-refractivity contribution in [3.8, 4) is 17.1 Å². The summed E-state index contributed by atoms with van der Waals surface area (Å²) in [7, 11) is 0. The number of benzene rings is 1. The van der Waals surface area contributed by atoms with E-state index in [9.17, 15) is 9.18 Å². The highest BCUT2D eigenvalue weighted by Crippen LogP contribution is 2.23. The van der Waals surface area contributed by atoms with Crippen molar-refractivity contribution in [1.82, 2.24) is 15.0 Å². The SMILES string of the molecule is O=C(COc1ccccc1F)N1CCC[C@@H](Cc2nc(-c3ccsc3)no2)C1. The number of aromatic nitrogens is 2. The van der Waals surface area contributed by atoms with Gasteiger partial charge in [-0.1, -0.05) is 17.3 Å². The third kappa shape index (κ3) is 4.39. The fourth-order valence-electron chi connectivity index (χ4n) is 3.34. The van der Waals surface area contributed by atoms with Gasteiger partial charge in [-0.25, -0.2) is 4.39 Å². The van der Waals surface area contributed by atoms with Crippen LogP contribution in [0.15, 0.2) is 45.6 Å². The molecule has 8 heteroatoms. The molecule has 2 aromatic heterocycles. The van der Waals surface area contributed by atoms with Gasteiger partial charge in [0.05, 0.1) is 0 Å². The Labute approximate surface area is 165 Å². The molecule has 28 heavy (non-hydrogen) atoms. The molecule has 0 radical (unpaired) electrons. The summed E-state index contributed by atoms with van der Waals surface area (Å²) in [6.07, 6.45) is 2.53. The molecule has 1 aromatic carbocycles. The highest BCUT2D eigenvalue weighted by molar-refractivity contribution is 7.08. The van der Waals surface area contributed by atoms with Crippen LogP contribution in [0.25, 0.3) is 11.4 Å². The van der Waals surface area contributed by atoms with E-state index in [-0.39, 0.29) is 24.2 Å². The zero-order valence-electron chi connectivity index (χ0n) is 15.2. The van der Waals surface area contributed by atoms with Crippen LogP contribution in [0, 0.1) is 11.7 Å². The van der Waals surface area contributed by atoms with Gasteiger partial charge < -0.3 is 14.2 Å². The van der Waals surface area contributed by atoms with Gasteiger partial charge in [0.1, 0.15) is 0 Å². The van der Waals surface area contributed by atoms with E-state index < -0.39 is 5.82 Å². The van der Waals surface area contributed by atoms with E-state index in [0.29, 0.717) is 31.2 Å². The predicted molar refractivity (Wildman–Crippen MR) is 103 cm³/mol. The minimum absolute atomic E-state index is 0.0937. The summed E-state index contributed by atoms with van der Waals surface area (Å²) in [5, 5.41) is 7.98. The Bertz CT molecular complexity index is 928. The van der Waals surface area contributed by atoms with Crippen LogP contribution in [0.3, 0.4) is 0 Å². The summed E-state index contributed by atoms with van der Waals surface area (Å²) in [5.41, 5.74) is 0.950. The minimum atomic E-state index is -0.468. The van der Waals surface area contributed by atoms with E-state index in [1.165, 1.54) is 12.1 Å². The molecule has 1 aliphatic rings. The Morgan fingerprint density at radius 1 is 1.36 bits per heavy atom. The Morgan fingerprint density at radius 3 is 3.07 bits per heavy atom. The third-order valence-corrected chi connectivity index (χ3v) is 5.45. The van der Waals surface area contributed by atoms with Gasteiger partial charge in [0.2, 0.25) is 11.7 Å². The molecular weight excluding hydrogens is 381 g/mol. The zero-order valence-corrected chi connectivity index (χ0v) is 16.0. The molecule has 0 N–H and O–H groups in total. The zero-order chi connectivity index (χ0) is 19.3. The number of thiophene rings is 1. The molecule has 3 heterocycles. The quantitative estimate of drug-likeness (QED) is 0.629. The number of hydrogen-bond donors (Lipinski definition) is 0. The van der Waals surface area contributed by atoms with E-state index in [4.69, 9.17) is 9.26 Å². The number of likely N-dealkylation sites (tertiary alicyclic amines) is 1. The van der Waals surface area contributed by atoms with Crippen LogP contribution in [-0.4, -0.2) is 40.6 Å². The Kier molecular flexibility index (Phi) is 5.66. The number of para-hydroxylation sites is 1.